The van der Waals surface area contributed by atoms with Crippen LogP contribution in [0.1, 0.15) is 12.1 Å². The number of pyridine rings is 1. The number of benzene rings is 2. The quantitative estimate of drug-likeness (QED) is 0.328. The highest BCUT2D eigenvalue weighted by atomic mass is 35.5. The normalized spacial score (nSPS) is 10.9. The molecular weight excluding hydrogens is 422 g/mol. The molecule has 0 aliphatic heterocycles. The van der Waals surface area contributed by atoms with E-state index in [4.69, 9.17) is 11.6 Å². The number of hydrogen-bond acceptors (Lipinski definition) is 5. The summed E-state index contributed by atoms with van der Waals surface area (Å²) in [5, 5.41) is 1.24. The van der Waals surface area contributed by atoms with Gasteiger partial charge in [0.15, 0.2) is 5.13 Å². The van der Waals surface area contributed by atoms with Gasteiger partial charge >= 0.3 is 0 Å². The van der Waals surface area contributed by atoms with E-state index >= 15 is 0 Å². The van der Waals surface area contributed by atoms with E-state index in [0.717, 1.165) is 20.8 Å². The van der Waals surface area contributed by atoms with Crippen LogP contribution in [0.2, 0.25) is 5.02 Å². The maximum absolute atomic E-state index is 13.1. The molecule has 0 saturated carbocycles. The molecule has 0 saturated heterocycles. The van der Waals surface area contributed by atoms with Gasteiger partial charge in [-0.05, 0) is 36.4 Å². The predicted molar refractivity (Wildman–Crippen MR) is 122 cm³/mol. The van der Waals surface area contributed by atoms with E-state index in [1.165, 1.54) is 11.3 Å². The van der Waals surface area contributed by atoms with E-state index in [2.05, 4.69) is 22.1 Å². The second-order valence-electron chi connectivity index (χ2n) is 6.30. The molecule has 0 bridgehead atoms. The third-order valence-electron chi connectivity index (χ3n) is 4.26. The molecular formula is C22H18ClN3OS2. The summed E-state index contributed by atoms with van der Waals surface area (Å²) < 4.78 is 0.963. The number of nitrogens with zero attached hydrogens (tertiary/aromatic N) is 3. The van der Waals surface area contributed by atoms with Gasteiger partial charge in [-0.2, -0.15) is 0 Å². The predicted octanol–water partition coefficient (Wildman–Crippen LogP) is 6.06. The lowest BCUT2D eigenvalue weighted by atomic mass is 10.3. The lowest BCUT2D eigenvalue weighted by Gasteiger charge is -2.19. The molecule has 2 aromatic heterocycles. The number of hydrogen-bond donors (Lipinski definition) is 0. The van der Waals surface area contributed by atoms with Crippen molar-refractivity contribution in [3.63, 3.8) is 0 Å². The summed E-state index contributed by atoms with van der Waals surface area (Å²) in [5.41, 5.74) is 1.55. The van der Waals surface area contributed by atoms with Crippen LogP contribution in [-0.2, 0) is 11.3 Å². The van der Waals surface area contributed by atoms with Crippen LogP contribution in [0.5, 0.6) is 0 Å². The number of thioether (sulfide) groups is 1. The van der Waals surface area contributed by atoms with Crippen molar-refractivity contribution in [3.8, 4) is 0 Å². The molecule has 0 radical (unpaired) electrons. The van der Waals surface area contributed by atoms with Crippen molar-refractivity contribution in [1.82, 2.24) is 9.97 Å². The Balaban J connectivity index is 1.55. The molecule has 146 valence electrons. The van der Waals surface area contributed by atoms with Crippen LogP contribution in [-0.4, -0.2) is 21.6 Å². The first-order valence-corrected chi connectivity index (χ1v) is 11.3. The summed E-state index contributed by atoms with van der Waals surface area (Å²) in [4.78, 5) is 25.0. The van der Waals surface area contributed by atoms with Crippen LogP contribution >= 0.6 is 34.7 Å². The summed E-state index contributed by atoms with van der Waals surface area (Å²) in [5.74, 6) is 0.724. The minimum absolute atomic E-state index is 0.0225. The Bertz CT molecular complexity index is 1100. The maximum atomic E-state index is 13.1. The first-order chi connectivity index (χ1) is 14.2. The number of carbonyl (C=O) groups excluding carboxylic acids is 1. The molecule has 29 heavy (non-hydrogen) atoms. The zero-order valence-corrected chi connectivity index (χ0v) is 17.9. The molecule has 0 N–H and O–H groups in total. The van der Waals surface area contributed by atoms with Gasteiger partial charge in [0.2, 0.25) is 5.91 Å². The number of carbonyl (C=O) groups is 1. The van der Waals surface area contributed by atoms with E-state index in [-0.39, 0.29) is 5.91 Å². The van der Waals surface area contributed by atoms with Crippen molar-refractivity contribution in [2.75, 3.05) is 10.7 Å². The topological polar surface area (TPSA) is 46.1 Å². The monoisotopic (exact) mass is 439 g/mol. The number of amides is 1. The smallest absolute Gasteiger partial charge is 0.229 e. The Kier molecular flexibility index (Phi) is 6.44. The number of fused-ring (bicyclic) bond motifs is 1. The second kappa shape index (κ2) is 9.39. The SMILES string of the molecule is O=C(CCSc1ccccc1)N(Cc1ccccn1)c1nc2c(Cl)cccc2s1. The molecule has 4 rings (SSSR count). The highest BCUT2D eigenvalue weighted by molar-refractivity contribution is 7.99. The van der Waals surface area contributed by atoms with Gasteiger partial charge in [-0.15, -0.1) is 11.8 Å². The Morgan fingerprint density at radius 2 is 1.86 bits per heavy atom. The number of anilines is 1. The summed E-state index contributed by atoms with van der Waals surface area (Å²) in [6.07, 6.45) is 2.15. The highest BCUT2D eigenvalue weighted by Crippen LogP contribution is 2.33. The third kappa shape index (κ3) is 4.96. The molecule has 4 nitrogen and oxygen atoms in total. The van der Waals surface area contributed by atoms with Crippen LogP contribution in [0.15, 0.2) is 77.8 Å². The average molecular weight is 440 g/mol. The first-order valence-electron chi connectivity index (χ1n) is 9.14. The Morgan fingerprint density at radius 1 is 1.03 bits per heavy atom. The van der Waals surface area contributed by atoms with E-state index < -0.39 is 0 Å². The van der Waals surface area contributed by atoms with Crippen LogP contribution < -0.4 is 4.90 Å². The molecule has 0 unspecified atom stereocenters. The van der Waals surface area contributed by atoms with E-state index in [9.17, 15) is 4.79 Å². The van der Waals surface area contributed by atoms with Crippen LogP contribution in [0.25, 0.3) is 10.2 Å². The van der Waals surface area contributed by atoms with Gasteiger partial charge in [0.1, 0.15) is 5.52 Å². The minimum Gasteiger partial charge on any atom is -0.282 e. The van der Waals surface area contributed by atoms with Gasteiger partial charge in [-0.1, -0.05) is 53.3 Å². The Labute approximate surface area is 182 Å². The van der Waals surface area contributed by atoms with Crippen LogP contribution in [0, 0.1) is 0 Å². The molecule has 2 heterocycles. The maximum Gasteiger partial charge on any atom is 0.229 e. The fourth-order valence-corrected chi connectivity index (χ4v) is 4.99. The van der Waals surface area contributed by atoms with Gasteiger partial charge in [-0.25, -0.2) is 4.98 Å². The van der Waals surface area contributed by atoms with Gasteiger partial charge < -0.3 is 0 Å². The lowest BCUT2D eigenvalue weighted by molar-refractivity contribution is -0.118. The molecule has 4 aromatic rings. The van der Waals surface area contributed by atoms with Crippen molar-refractivity contribution in [3.05, 3.63) is 83.6 Å². The van der Waals surface area contributed by atoms with E-state index in [1.54, 1.807) is 22.9 Å². The van der Waals surface area contributed by atoms with Crippen molar-refractivity contribution in [1.29, 1.82) is 0 Å². The van der Waals surface area contributed by atoms with Crippen molar-refractivity contribution < 1.29 is 4.79 Å². The second-order valence-corrected chi connectivity index (χ2v) is 8.88. The third-order valence-corrected chi connectivity index (χ3v) is 6.63. The van der Waals surface area contributed by atoms with Gasteiger partial charge in [-0.3, -0.25) is 14.7 Å². The van der Waals surface area contributed by atoms with Crippen LogP contribution in [0.3, 0.4) is 0 Å². The van der Waals surface area contributed by atoms with Gasteiger partial charge in [0, 0.05) is 23.3 Å². The van der Waals surface area contributed by atoms with Gasteiger partial charge in [0.25, 0.3) is 0 Å². The molecule has 0 aliphatic rings. The number of aromatic nitrogens is 2. The number of rotatable bonds is 7. The molecule has 1 amide bonds. The highest BCUT2D eigenvalue weighted by Gasteiger charge is 2.21. The zero-order valence-electron chi connectivity index (χ0n) is 15.5. The fraction of sp³-hybridized carbons (Fsp3) is 0.136. The molecule has 7 heteroatoms. The minimum atomic E-state index is 0.0225. The molecule has 0 fully saturated rings. The summed E-state index contributed by atoms with van der Waals surface area (Å²) in [7, 11) is 0. The summed E-state index contributed by atoms with van der Waals surface area (Å²) in [6, 6.07) is 21.5. The van der Waals surface area contributed by atoms with Crippen molar-refractivity contribution in [2.45, 2.75) is 17.9 Å². The number of para-hydroxylation sites is 1. The van der Waals surface area contributed by atoms with Crippen molar-refractivity contribution >= 4 is 56.0 Å². The standard InChI is InChI=1S/C22H18ClN3OS2/c23-18-10-6-11-19-21(18)25-22(29-19)26(15-16-7-4-5-13-24-16)20(27)12-14-28-17-8-2-1-3-9-17/h1-11,13H,12,14-15H2. The first kappa shape index (κ1) is 19.9. The number of thiazole rings is 1. The van der Waals surface area contributed by atoms with Crippen LogP contribution in [0.4, 0.5) is 5.13 Å². The van der Waals surface area contributed by atoms with Gasteiger partial charge in [0.05, 0.1) is 22.0 Å². The zero-order chi connectivity index (χ0) is 20.1. The van der Waals surface area contributed by atoms with E-state index in [1.807, 2.05) is 54.6 Å². The molecule has 0 atom stereocenters. The molecule has 0 spiro atoms. The van der Waals surface area contributed by atoms with E-state index in [0.29, 0.717) is 28.9 Å². The largest absolute Gasteiger partial charge is 0.282 e. The van der Waals surface area contributed by atoms with Crippen molar-refractivity contribution in [2.24, 2.45) is 0 Å². The molecule has 0 aliphatic carbocycles. The molecule has 2 aromatic carbocycles. The average Bonchev–Trinajstić information content (AvgIpc) is 3.19. The summed E-state index contributed by atoms with van der Waals surface area (Å²) >= 11 is 9.44. The summed E-state index contributed by atoms with van der Waals surface area (Å²) in [6.45, 7) is 0.382. The Morgan fingerprint density at radius 3 is 2.62 bits per heavy atom. The Hall–Kier alpha value is -2.41. The fourth-order valence-electron chi connectivity index (χ4n) is 2.84. The lowest BCUT2D eigenvalue weighted by Crippen LogP contribution is -2.30. The number of halogens is 1.